The van der Waals surface area contributed by atoms with E-state index in [-0.39, 0.29) is 12.6 Å². The van der Waals surface area contributed by atoms with E-state index < -0.39 is 6.10 Å². The van der Waals surface area contributed by atoms with Crippen molar-refractivity contribution in [2.75, 3.05) is 11.9 Å². The van der Waals surface area contributed by atoms with Crippen molar-refractivity contribution >= 4 is 23.5 Å². The van der Waals surface area contributed by atoms with Gasteiger partial charge in [-0.2, -0.15) is 0 Å². The fraction of sp³-hybridized carbons (Fsp3) is 0.533. The summed E-state index contributed by atoms with van der Waals surface area (Å²) in [5.74, 6) is 0. The van der Waals surface area contributed by atoms with Gasteiger partial charge in [-0.15, -0.1) is 11.8 Å². The number of hydrogen-bond acceptors (Lipinski definition) is 3. The quantitative estimate of drug-likeness (QED) is 0.675. The highest BCUT2D eigenvalue weighted by Crippen LogP contribution is 2.29. The zero-order valence-corrected chi connectivity index (χ0v) is 13.2. The van der Waals surface area contributed by atoms with Crippen molar-refractivity contribution in [2.45, 2.75) is 49.9 Å². The zero-order valence-electron chi connectivity index (χ0n) is 12.3. The van der Waals surface area contributed by atoms with E-state index in [1.54, 1.807) is 11.8 Å². The van der Waals surface area contributed by atoms with E-state index in [0.717, 1.165) is 17.0 Å². The summed E-state index contributed by atoms with van der Waals surface area (Å²) in [5, 5.41) is 15.6. The molecule has 4 nitrogen and oxygen atoms in total. The third kappa shape index (κ3) is 6.30. The van der Waals surface area contributed by atoms with Crippen molar-refractivity contribution in [3.05, 3.63) is 24.3 Å². The molecule has 5 heteroatoms. The van der Waals surface area contributed by atoms with Gasteiger partial charge in [0.25, 0.3) is 0 Å². The lowest BCUT2D eigenvalue weighted by atomic mass is 10.2. The van der Waals surface area contributed by atoms with Crippen LogP contribution in [0.1, 0.15) is 33.6 Å². The lowest BCUT2D eigenvalue weighted by Crippen LogP contribution is -2.35. The van der Waals surface area contributed by atoms with E-state index in [2.05, 4.69) is 24.5 Å². The molecule has 20 heavy (non-hydrogen) atoms. The maximum Gasteiger partial charge on any atom is 0.319 e. The number of amides is 2. The zero-order chi connectivity index (χ0) is 15.0. The standard InChI is InChI=1S/C15H24N2O2S/c1-4-7-12(18)10-16-15(19)17-13-8-5-6-9-14(13)20-11(2)3/h5-6,8-9,11-12,18H,4,7,10H2,1-3H3,(H2,16,17,19). The van der Waals surface area contributed by atoms with Gasteiger partial charge in [0.15, 0.2) is 0 Å². The molecular weight excluding hydrogens is 272 g/mol. The minimum Gasteiger partial charge on any atom is -0.391 e. The molecule has 0 aliphatic carbocycles. The van der Waals surface area contributed by atoms with Crippen molar-refractivity contribution in [3.63, 3.8) is 0 Å². The second-order valence-corrected chi connectivity index (χ2v) is 6.56. The Morgan fingerprint density at radius 2 is 2.05 bits per heavy atom. The summed E-state index contributed by atoms with van der Waals surface area (Å²) in [5.41, 5.74) is 0.800. The number of thioether (sulfide) groups is 1. The second kappa shape index (κ2) is 8.87. The largest absolute Gasteiger partial charge is 0.391 e. The Morgan fingerprint density at radius 3 is 2.70 bits per heavy atom. The molecule has 2 amide bonds. The lowest BCUT2D eigenvalue weighted by Gasteiger charge is -2.14. The van der Waals surface area contributed by atoms with Crippen molar-refractivity contribution in [1.29, 1.82) is 0 Å². The average molecular weight is 296 g/mol. The first-order valence-corrected chi connectivity index (χ1v) is 7.89. The Balaban J connectivity index is 2.53. The van der Waals surface area contributed by atoms with Crippen LogP contribution in [0.5, 0.6) is 0 Å². The molecule has 0 spiro atoms. The molecule has 112 valence electrons. The van der Waals surface area contributed by atoms with Crippen LogP contribution in [-0.2, 0) is 0 Å². The van der Waals surface area contributed by atoms with Gasteiger partial charge in [0.2, 0.25) is 0 Å². The summed E-state index contributed by atoms with van der Waals surface area (Å²) in [6.45, 7) is 6.51. The summed E-state index contributed by atoms with van der Waals surface area (Å²) in [6.07, 6.45) is 1.12. The van der Waals surface area contributed by atoms with E-state index in [1.807, 2.05) is 31.2 Å². The maximum atomic E-state index is 11.8. The van der Waals surface area contributed by atoms with E-state index in [4.69, 9.17) is 0 Å². The van der Waals surface area contributed by atoms with Crippen LogP contribution in [0, 0.1) is 0 Å². The summed E-state index contributed by atoms with van der Waals surface area (Å²) < 4.78 is 0. The predicted molar refractivity (Wildman–Crippen MR) is 85.4 cm³/mol. The molecule has 0 aliphatic heterocycles. The smallest absolute Gasteiger partial charge is 0.319 e. The molecule has 1 rings (SSSR count). The molecule has 3 N–H and O–H groups in total. The van der Waals surface area contributed by atoms with Crippen LogP contribution in [0.4, 0.5) is 10.5 Å². The van der Waals surface area contributed by atoms with Gasteiger partial charge in [0.05, 0.1) is 11.8 Å². The third-order valence-corrected chi connectivity index (χ3v) is 3.70. The topological polar surface area (TPSA) is 61.4 Å². The van der Waals surface area contributed by atoms with Gasteiger partial charge in [0, 0.05) is 16.7 Å². The van der Waals surface area contributed by atoms with Gasteiger partial charge in [-0.1, -0.05) is 39.3 Å². The highest BCUT2D eigenvalue weighted by Gasteiger charge is 2.09. The van der Waals surface area contributed by atoms with Crippen molar-refractivity contribution in [1.82, 2.24) is 5.32 Å². The molecule has 0 aliphatic rings. The number of nitrogens with one attached hydrogen (secondary N) is 2. The Hall–Kier alpha value is -1.20. The molecule has 1 aromatic rings. The molecule has 0 saturated carbocycles. The number of carbonyl (C=O) groups is 1. The number of urea groups is 1. The molecule has 0 bridgehead atoms. The Kier molecular flexibility index (Phi) is 7.47. The van der Waals surface area contributed by atoms with Crippen LogP contribution >= 0.6 is 11.8 Å². The SMILES string of the molecule is CCCC(O)CNC(=O)Nc1ccccc1SC(C)C. The molecule has 0 aromatic heterocycles. The number of aliphatic hydroxyl groups excluding tert-OH is 1. The fourth-order valence-corrected chi connectivity index (χ4v) is 2.65. The third-order valence-electron chi connectivity index (χ3n) is 2.62. The number of anilines is 1. The van der Waals surface area contributed by atoms with Gasteiger partial charge in [0.1, 0.15) is 0 Å². The first-order valence-electron chi connectivity index (χ1n) is 7.01. The number of benzene rings is 1. The summed E-state index contributed by atoms with van der Waals surface area (Å²) >= 11 is 1.71. The number of carbonyl (C=O) groups excluding carboxylic acids is 1. The molecule has 0 radical (unpaired) electrons. The molecule has 0 saturated heterocycles. The van der Waals surface area contributed by atoms with Crippen LogP contribution in [-0.4, -0.2) is 29.0 Å². The highest BCUT2D eigenvalue weighted by atomic mass is 32.2. The monoisotopic (exact) mass is 296 g/mol. The van der Waals surface area contributed by atoms with Gasteiger partial charge in [-0.3, -0.25) is 0 Å². The first-order chi connectivity index (χ1) is 9.52. The lowest BCUT2D eigenvalue weighted by molar-refractivity contribution is 0.162. The van der Waals surface area contributed by atoms with Gasteiger partial charge < -0.3 is 15.7 Å². The fourth-order valence-electron chi connectivity index (χ4n) is 1.74. The Bertz CT molecular complexity index is 424. The Labute approximate surface area is 125 Å². The molecule has 1 atom stereocenters. The number of para-hydroxylation sites is 1. The van der Waals surface area contributed by atoms with Crippen LogP contribution in [0.2, 0.25) is 0 Å². The molecular formula is C15H24N2O2S. The van der Waals surface area contributed by atoms with Crippen LogP contribution in [0.15, 0.2) is 29.2 Å². The minimum atomic E-state index is -0.481. The average Bonchev–Trinajstić information content (AvgIpc) is 2.38. The number of hydrogen-bond donors (Lipinski definition) is 3. The molecule has 0 fully saturated rings. The van der Waals surface area contributed by atoms with Gasteiger partial charge in [-0.05, 0) is 18.6 Å². The van der Waals surface area contributed by atoms with E-state index in [9.17, 15) is 9.90 Å². The number of rotatable bonds is 7. The first kappa shape index (κ1) is 16.9. The van der Waals surface area contributed by atoms with Crippen LogP contribution < -0.4 is 10.6 Å². The summed E-state index contributed by atoms with van der Waals surface area (Å²) in [7, 11) is 0. The predicted octanol–water partition coefficient (Wildman–Crippen LogP) is 3.47. The van der Waals surface area contributed by atoms with E-state index in [1.165, 1.54) is 0 Å². The molecule has 0 heterocycles. The van der Waals surface area contributed by atoms with E-state index >= 15 is 0 Å². The second-order valence-electron chi connectivity index (χ2n) is 4.94. The molecule has 1 aromatic carbocycles. The van der Waals surface area contributed by atoms with Crippen molar-refractivity contribution < 1.29 is 9.90 Å². The van der Waals surface area contributed by atoms with Crippen molar-refractivity contribution in [3.8, 4) is 0 Å². The summed E-state index contributed by atoms with van der Waals surface area (Å²) in [4.78, 5) is 12.9. The summed E-state index contributed by atoms with van der Waals surface area (Å²) in [6, 6.07) is 7.45. The van der Waals surface area contributed by atoms with Gasteiger partial charge >= 0.3 is 6.03 Å². The highest BCUT2D eigenvalue weighted by molar-refractivity contribution is 8.00. The van der Waals surface area contributed by atoms with Crippen LogP contribution in [0.25, 0.3) is 0 Å². The van der Waals surface area contributed by atoms with Gasteiger partial charge in [-0.25, -0.2) is 4.79 Å². The van der Waals surface area contributed by atoms with Crippen molar-refractivity contribution in [2.24, 2.45) is 0 Å². The number of aliphatic hydroxyl groups is 1. The normalized spacial score (nSPS) is 12.2. The van der Waals surface area contributed by atoms with Crippen LogP contribution in [0.3, 0.4) is 0 Å². The Morgan fingerprint density at radius 1 is 1.35 bits per heavy atom. The molecule has 1 unspecified atom stereocenters. The maximum absolute atomic E-state index is 11.8. The minimum absolute atomic E-state index is 0.277. The van der Waals surface area contributed by atoms with E-state index in [0.29, 0.717) is 11.7 Å².